The first-order valence-corrected chi connectivity index (χ1v) is 4.31. The number of phenolic OH excluding ortho intramolecular Hbond substituents is 1. The summed E-state index contributed by atoms with van der Waals surface area (Å²) in [6, 6.07) is 6.64. The lowest BCUT2D eigenvalue weighted by molar-refractivity contribution is 0.475. The molecule has 14 heavy (non-hydrogen) atoms. The molecule has 1 heterocycles. The molecule has 0 aliphatic carbocycles. The summed E-state index contributed by atoms with van der Waals surface area (Å²) in [6.45, 7) is 0. The van der Waals surface area contributed by atoms with Crippen molar-refractivity contribution in [3.8, 4) is 17.1 Å². The van der Waals surface area contributed by atoms with Gasteiger partial charge in [0.2, 0.25) is 4.77 Å². The molecule has 0 bridgehead atoms. The normalized spacial score (nSPS) is 10.3. The minimum atomic E-state index is 0.163. The van der Waals surface area contributed by atoms with Crippen LogP contribution in [-0.4, -0.2) is 20.0 Å². The molecule has 0 atom stereocenters. The van der Waals surface area contributed by atoms with Crippen LogP contribution in [0.3, 0.4) is 0 Å². The summed E-state index contributed by atoms with van der Waals surface area (Å²) >= 11 is 4.86. The molecule has 0 saturated heterocycles. The van der Waals surface area contributed by atoms with Gasteiger partial charge in [-0.15, -0.1) is 0 Å². The van der Waals surface area contributed by atoms with Crippen LogP contribution in [-0.2, 0) is 0 Å². The van der Waals surface area contributed by atoms with Crippen molar-refractivity contribution in [2.75, 3.05) is 5.84 Å². The summed E-state index contributed by atoms with van der Waals surface area (Å²) < 4.78 is 1.59. The fourth-order valence-electron chi connectivity index (χ4n) is 1.15. The van der Waals surface area contributed by atoms with Crippen LogP contribution >= 0.6 is 12.2 Å². The van der Waals surface area contributed by atoms with Crippen LogP contribution in [0.5, 0.6) is 5.75 Å². The Balaban J connectivity index is 2.60. The van der Waals surface area contributed by atoms with Crippen molar-refractivity contribution >= 4 is 12.2 Å². The molecule has 5 nitrogen and oxygen atoms in total. The number of nitrogens with zero attached hydrogens (tertiary/aromatic N) is 2. The van der Waals surface area contributed by atoms with Gasteiger partial charge in [-0.05, 0) is 24.4 Å². The second-order valence-corrected chi connectivity index (χ2v) is 3.16. The van der Waals surface area contributed by atoms with E-state index in [1.807, 2.05) is 0 Å². The first kappa shape index (κ1) is 8.76. The van der Waals surface area contributed by atoms with Gasteiger partial charge in [-0.2, -0.15) is 5.10 Å². The molecule has 0 saturated carbocycles. The highest BCUT2D eigenvalue weighted by molar-refractivity contribution is 7.71. The predicted octanol–water partition coefficient (Wildman–Crippen LogP) is 1.03. The molecule has 1 aromatic carbocycles. The SMILES string of the molecule is Nn1c(-c2cccc(O)c2)n[nH]c1=S. The molecule has 0 radical (unpaired) electrons. The van der Waals surface area contributed by atoms with Gasteiger partial charge in [0.05, 0.1) is 0 Å². The van der Waals surface area contributed by atoms with E-state index in [0.717, 1.165) is 0 Å². The number of hydrogen-bond acceptors (Lipinski definition) is 4. The zero-order valence-electron chi connectivity index (χ0n) is 7.14. The third-order valence-electron chi connectivity index (χ3n) is 1.81. The van der Waals surface area contributed by atoms with Crippen molar-refractivity contribution in [1.82, 2.24) is 14.9 Å². The van der Waals surface area contributed by atoms with Crippen LogP contribution in [0.1, 0.15) is 0 Å². The number of aromatic nitrogens is 3. The van der Waals surface area contributed by atoms with Crippen LogP contribution in [0.2, 0.25) is 0 Å². The maximum atomic E-state index is 9.26. The number of nitrogen functional groups attached to an aromatic ring is 1. The van der Waals surface area contributed by atoms with Gasteiger partial charge < -0.3 is 10.9 Å². The largest absolute Gasteiger partial charge is 0.508 e. The Morgan fingerprint density at radius 2 is 2.29 bits per heavy atom. The van der Waals surface area contributed by atoms with Gasteiger partial charge in [0.15, 0.2) is 5.82 Å². The lowest BCUT2D eigenvalue weighted by Crippen LogP contribution is -2.09. The van der Waals surface area contributed by atoms with Gasteiger partial charge in [0, 0.05) is 5.56 Å². The second-order valence-electron chi connectivity index (χ2n) is 2.77. The lowest BCUT2D eigenvalue weighted by atomic mass is 10.2. The minimum absolute atomic E-state index is 0.163. The van der Waals surface area contributed by atoms with Gasteiger partial charge in [-0.3, -0.25) is 0 Å². The number of phenols is 1. The summed E-state index contributed by atoms with van der Waals surface area (Å²) in [4.78, 5) is 0. The molecular formula is C8H8N4OS. The van der Waals surface area contributed by atoms with E-state index < -0.39 is 0 Å². The van der Waals surface area contributed by atoms with E-state index in [2.05, 4.69) is 10.2 Å². The highest BCUT2D eigenvalue weighted by Crippen LogP contribution is 2.19. The average molecular weight is 208 g/mol. The molecule has 4 N–H and O–H groups in total. The molecule has 0 amide bonds. The number of benzene rings is 1. The van der Waals surface area contributed by atoms with Crippen molar-refractivity contribution in [1.29, 1.82) is 0 Å². The molecule has 2 aromatic rings. The molecule has 72 valence electrons. The zero-order chi connectivity index (χ0) is 10.1. The Bertz CT molecular complexity index is 516. The zero-order valence-corrected chi connectivity index (χ0v) is 7.95. The molecule has 0 fully saturated rings. The third-order valence-corrected chi connectivity index (χ3v) is 2.10. The molecule has 0 spiro atoms. The molecular weight excluding hydrogens is 200 g/mol. The van der Waals surface area contributed by atoms with Crippen molar-refractivity contribution in [2.24, 2.45) is 0 Å². The Morgan fingerprint density at radius 3 is 2.86 bits per heavy atom. The number of nitrogens with two attached hydrogens (primary N) is 1. The lowest BCUT2D eigenvalue weighted by Gasteiger charge is -2.00. The van der Waals surface area contributed by atoms with Crippen LogP contribution in [0.15, 0.2) is 24.3 Å². The van der Waals surface area contributed by atoms with E-state index in [1.165, 1.54) is 4.68 Å². The smallest absolute Gasteiger partial charge is 0.214 e. The summed E-state index contributed by atoms with van der Waals surface area (Å²) in [7, 11) is 0. The summed E-state index contributed by atoms with van der Waals surface area (Å²) in [5, 5.41) is 15.8. The highest BCUT2D eigenvalue weighted by Gasteiger charge is 2.05. The quantitative estimate of drug-likeness (QED) is 0.483. The Labute approximate surface area is 84.8 Å². The fraction of sp³-hybridized carbons (Fsp3) is 0. The summed E-state index contributed by atoms with van der Waals surface area (Å²) in [5.41, 5.74) is 0.708. The predicted molar refractivity (Wildman–Crippen MR) is 54.7 cm³/mol. The molecule has 0 aliphatic heterocycles. The highest BCUT2D eigenvalue weighted by atomic mass is 32.1. The number of nitrogens with one attached hydrogen (secondary N) is 1. The van der Waals surface area contributed by atoms with Crippen molar-refractivity contribution in [2.45, 2.75) is 0 Å². The molecule has 0 aliphatic rings. The van der Waals surface area contributed by atoms with Gasteiger partial charge in [-0.25, -0.2) is 9.77 Å². The number of aromatic amines is 1. The van der Waals surface area contributed by atoms with Crippen LogP contribution in [0.25, 0.3) is 11.4 Å². The summed E-state index contributed by atoms with van der Waals surface area (Å²) in [5.74, 6) is 6.28. The molecule has 6 heteroatoms. The molecule has 2 rings (SSSR count). The van der Waals surface area contributed by atoms with Gasteiger partial charge in [0.1, 0.15) is 5.75 Å². The van der Waals surface area contributed by atoms with Crippen molar-refractivity contribution in [3.63, 3.8) is 0 Å². The van der Waals surface area contributed by atoms with Crippen molar-refractivity contribution in [3.05, 3.63) is 29.0 Å². The third kappa shape index (κ3) is 1.35. The number of aromatic hydroxyl groups is 1. The van der Waals surface area contributed by atoms with E-state index in [1.54, 1.807) is 24.3 Å². The fourth-order valence-corrected chi connectivity index (χ4v) is 1.29. The van der Waals surface area contributed by atoms with E-state index in [9.17, 15) is 5.11 Å². The monoisotopic (exact) mass is 208 g/mol. The van der Waals surface area contributed by atoms with Crippen LogP contribution < -0.4 is 5.84 Å². The first-order chi connectivity index (χ1) is 6.68. The maximum absolute atomic E-state index is 9.26. The Hall–Kier alpha value is -1.82. The van der Waals surface area contributed by atoms with Crippen LogP contribution in [0, 0.1) is 4.77 Å². The van der Waals surface area contributed by atoms with Crippen LogP contribution in [0.4, 0.5) is 0 Å². The molecule has 1 aromatic heterocycles. The maximum Gasteiger partial charge on any atom is 0.214 e. The van der Waals surface area contributed by atoms with E-state index in [0.29, 0.717) is 16.2 Å². The Morgan fingerprint density at radius 1 is 1.50 bits per heavy atom. The van der Waals surface area contributed by atoms with E-state index >= 15 is 0 Å². The van der Waals surface area contributed by atoms with Crippen molar-refractivity contribution < 1.29 is 5.11 Å². The average Bonchev–Trinajstić information content (AvgIpc) is 2.48. The van der Waals surface area contributed by atoms with E-state index in [4.69, 9.17) is 18.1 Å². The van der Waals surface area contributed by atoms with Gasteiger partial charge in [0.25, 0.3) is 0 Å². The second kappa shape index (κ2) is 3.15. The van der Waals surface area contributed by atoms with Gasteiger partial charge in [-0.1, -0.05) is 12.1 Å². The number of rotatable bonds is 1. The standard InChI is InChI=1S/C8H8N4OS/c9-12-7(10-11-8(12)14)5-2-1-3-6(13)4-5/h1-4,13H,9H2,(H,11,14). The minimum Gasteiger partial charge on any atom is -0.508 e. The van der Waals surface area contributed by atoms with Gasteiger partial charge >= 0.3 is 0 Å². The first-order valence-electron chi connectivity index (χ1n) is 3.90. The summed E-state index contributed by atoms with van der Waals surface area (Å²) in [6.07, 6.45) is 0. The number of H-pyrrole nitrogens is 1. The Kier molecular flexibility index (Phi) is 1.97. The number of hydrogen-bond donors (Lipinski definition) is 3. The topological polar surface area (TPSA) is 79.9 Å². The molecule has 0 unspecified atom stereocenters. The van der Waals surface area contributed by atoms with E-state index in [-0.39, 0.29) is 5.75 Å².